The first-order chi connectivity index (χ1) is 13.0. The molecule has 4 amide bonds. The Labute approximate surface area is 165 Å². The molecule has 3 fully saturated rings. The number of likely N-dealkylation sites (tertiary alicyclic amines) is 1. The zero-order valence-corrected chi connectivity index (χ0v) is 17.2. The highest BCUT2D eigenvalue weighted by Gasteiger charge is 2.56. The zero-order chi connectivity index (χ0) is 20.7. The molecule has 8 heteroatoms. The molecule has 0 aromatic rings. The van der Waals surface area contributed by atoms with Gasteiger partial charge in [0.05, 0.1) is 0 Å². The van der Waals surface area contributed by atoms with Gasteiger partial charge in [-0.25, -0.2) is 4.79 Å². The molecule has 3 unspecified atom stereocenters. The van der Waals surface area contributed by atoms with Crippen molar-refractivity contribution < 1.29 is 23.9 Å². The highest BCUT2D eigenvalue weighted by molar-refractivity contribution is 6.08. The van der Waals surface area contributed by atoms with Gasteiger partial charge in [0.25, 0.3) is 11.8 Å². The van der Waals surface area contributed by atoms with Crippen LogP contribution in [0.5, 0.6) is 0 Å². The van der Waals surface area contributed by atoms with Gasteiger partial charge in [-0.1, -0.05) is 20.8 Å². The number of hydrogen-bond donors (Lipinski definition) is 1. The molecule has 28 heavy (non-hydrogen) atoms. The van der Waals surface area contributed by atoms with E-state index in [4.69, 9.17) is 4.74 Å². The van der Waals surface area contributed by atoms with Crippen LogP contribution in [0.2, 0.25) is 0 Å². The normalized spacial score (nSPS) is 30.5. The molecule has 0 bridgehead atoms. The highest BCUT2D eigenvalue weighted by atomic mass is 16.5. The predicted octanol–water partition coefficient (Wildman–Crippen LogP) is 1.68. The lowest BCUT2D eigenvalue weighted by Gasteiger charge is -2.43. The second-order valence-corrected chi connectivity index (χ2v) is 9.42. The summed E-state index contributed by atoms with van der Waals surface area (Å²) in [6.07, 6.45) is 3.07. The molecule has 2 saturated heterocycles. The first kappa shape index (κ1) is 20.6. The van der Waals surface area contributed by atoms with E-state index >= 15 is 0 Å². The summed E-state index contributed by atoms with van der Waals surface area (Å²) in [6.45, 7) is 8.65. The minimum absolute atomic E-state index is 0.0756. The Kier molecular flexibility index (Phi) is 5.42. The fourth-order valence-corrected chi connectivity index (χ4v) is 5.26. The van der Waals surface area contributed by atoms with Gasteiger partial charge >= 0.3 is 12.0 Å². The lowest BCUT2D eigenvalue weighted by atomic mass is 9.64. The quantitative estimate of drug-likeness (QED) is 0.579. The second-order valence-electron chi connectivity index (χ2n) is 9.42. The summed E-state index contributed by atoms with van der Waals surface area (Å²) in [5, 5.41) is 2.84. The van der Waals surface area contributed by atoms with Gasteiger partial charge in [-0.2, -0.15) is 0 Å². The minimum Gasteiger partial charge on any atom is -0.451 e. The molecule has 1 saturated carbocycles. The van der Waals surface area contributed by atoms with Gasteiger partial charge in [-0.3, -0.25) is 19.3 Å². The summed E-state index contributed by atoms with van der Waals surface area (Å²) in [6, 6.07) is -0.564. The van der Waals surface area contributed by atoms with Crippen LogP contribution in [0.25, 0.3) is 0 Å². The third-order valence-electron chi connectivity index (χ3n) is 5.99. The van der Waals surface area contributed by atoms with Crippen LogP contribution in [-0.4, -0.2) is 64.9 Å². The Bertz CT molecular complexity index is 685. The molecule has 2 heterocycles. The summed E-state index contributed by atoms with van der Waals surface area (Å²) < 4.78 is 5.22. The van der Waals surface area contributed by atoms with Crippen molar-refractivity contribution in [2.75, 3.05) is 19.6 Å². The molecule has 3 aliphatic rings. The van der Waals surface area contributed by atoms with Gasteiger partial charge in [0.15, 0.2) is 6.10 Å². The molecule has 8 nitrogen and oxygen atoms in total. The predicted molar refractivity (Wildman–Crippen MR) is 101 cm³/mol. The maximum atomic E-state index is 13.1. The van der Waals surface area contributed by atoms with Crippen LogP contribution in [0, 0.1) is 11.3 Å². The van der Waals surface area contributed by atoms with Crippen LogP contribution in [0.3, 0.4) is 0 Å². The number of nitrogens with one attached hydrogen (secondary N) is 1. The lowest BCUT2D eigenvalue weighted by Crippen LogP contribution is -2.54. The standard InChI is InChI=1S/C20H31N3O5/c1-13-9-19(3,4)12-20(10-13)17(26)23(18(27)21-20)11-15(24)28-14(2)16(25)22-7-5-6-8-22/h13-14H,5-12H2,1-4H3,(H,21,27). The molecule has 0 aromatic heterocycles. The summed E-state index contributed by atoms with van der Waals surface area (Å²) >= 11 is 0. The van der Waals surface area contributed by atoms with Crippen LogP contribution in [-0.2, 0) is 19.1 Å². The van der Waals surface area contributed by atoms with Gasteiger partial charge in [-0.15, -0.1) is 0 Å². The summed E-state index contributed by atoms with van der Waals surface area (Å²) in [5.74, 6) is -1.06. The Balaban J connectivity index is 1.62. The summed E-state index contributed by atoms with van der Waals surface area (Å²) in [5.41, 5.74) is -1.02. The van der Waals surface area contributed by atoms with E-state index in [0.29, 0.717) is 25.9 Å². The minimum atomic E-state index is -0.949. The molecule has 3 rings (SSSR count). The Hall–Kier alpha value is -2.12. The molecular weight excluding hydrogens is 362 g/mol. The van der Waals surface area contributed by atoms with Gasteiger partial charge in [0, 0.05) is 13.1 Å². The Morgan fingerprint density at radius 3 is 2.46 bits per heavy atom. The number of rotatable bonds is 4. The van der Waals surface area contributed by atoms with Crippen molar-refractivity contribution in [1.29, 1.82) is 0 Å². The van der Waals surface area contributed by atoms with E-state index in [1.807, 2.05) is 0 Å². The fourth-order valence-electron chi connectivity index (χ4n) is 5.26. The first-order valence-electron chi connectivity index (χ1n) is 10.2. The van der Waals surface area contributed by atoms with Crippen molar-refractivity contribution in [3.63, 3.8) is 0 Å². The van der Waals surface area contributed by atoms with E-state index in [9.17, 15) is 19.2 Å². The van der Waals surface area contributed by atoms with Gasteiger partial charge in [-0.05, 0) is 50.4 Å². The van der Waals surface area contributed by atoms with Crippen LogP contribution in [0.1, 0.15) is 59.8 Å². The van der Waals surface area contributed by atoms with Crippen molar-refractivity contribution >= 4 is 23.8 Å². The maximum Gasteiger partial charge on any atom is 0.327 e. The fraction of sp³-hybridized carbons (Fsp3) is 0.800. The van der Waals surface area contributed by atoms with E-state index in [0.717, 1.165) is 24.2 Å². The molecule has 3 atom stereocenters. The third kappa shape index (κ3) is 4.00. The topological polar surface area (TPSA) is 96.0 Å². The smallest absolute Gasteiger partial charge is 0.327 e. The van der Waals surface area contributed by atoms with E-state index in [1.165, 1.54) is 6.92 Å². The molecule has 1 N–H and O–H groups in total. The van der Waals surface area contributed by atoms with Crippen molar-refractivity contribution in [3.8, 4) is 0 Å². The van der Waals surface area contributed by atoms with E-state index < -0.39 is 30.2 Å². The zero-order valence-electron chi connectivity index (χ0n) is 17.2. The second kappa shape index (κ2) is 7.37. The van der Waals surface area contributed by atoms with E-state index in [-0.39, 0.29) is 23.1 Å². The van der Waals surface area contributed by atoms with E-state index in [1.54, 1.807) is 4.90 Å². The van der Waals surface area contributed by atoms with E-state index in [2.05, 4.69) is 26.1 Å². The van der Waals surface area contributed by atoms with Crippen LogP contribution in [0.4, 0.5) is 4.79 Å². The van der Waals surface area contributed by atoms with Crippen LogP contribution >= 0.6 is 0 Å². The number of esters is 1. The Morgan fingerprint density at radius 2 is 1.86 bits per heavy atom. The number of amides is 4. The molecular formula is C20H31N3O5. The molecule has 2 aliphatic heterocycles. The number of hydrogen-bond acceptors (Lipinski definition) is 5. The average molecular weight is 393 g/mol. The van der Waals surface area contributed by atoms with Crippen LogP contribution < -0.4 is 5.32 Å². The SMILES string of the molecule is CC1CC(C)(C)CC2(C1)NC(=O)N(CC(=O)OC(C)C(=O)N1CCCC1)C2=O. The van der Waals surface area contributed by atoms with Crippen molar-refractivity contribution in [2.45, 2.75) is 71.4 Å². The summed E-state index contributed by atoms with van der Waals surface area (Å²) in [7, 11) is 0. The van der Waals surface area contributed by atoms with Gasteiger partial charge < -0.3 is 15.0 Å². The number of carbonyl (C=O) groups is 4. The van der Waals surface area contributed by atoms with Crippen molar-refractivity contribution in [2.24, 2.45) is 11.3 Å². The number of nitrogens with zero attached hydrogens (tertiary/aromatic N) is 2. The Morgan fingerprint density at radius 1 is 1.21 bits per heavy atom. The molecule has 156 valence electrons. The van der Waals surface area contributed by atoms with Crippen LogP contribution in [0.15, 0.2) is 0 Å². The number of imide groups is 1. The van der Waals surface area contributed by atoms with Crippen molar-refractivity contribution in [1.82, 2.24) is 15.1 Å². The molecule has 1 spiro atoms. The maximum absolute atomic E-state index is 13.1. The summed E-state index contributed by atoms with van der Waals surface area (Å²) in [4.78, 5) is 52.7. The highest BCUT2D eigenvalue weighted by Crippen LogP contribution is 2.46. The molecule has 0 radical (unpaired) electrons. The number of urea groups is 1. The number of ether oxygens (including phenoxy) is 1. The molecule has 1 aliphatic carbocycles. The average Bonchev–Trinajstić information content (AvgIpc) is 3.16. The molecule has 0 aromatic carbocycles. The van der Waals surface area contributed by atoms with Gasteiger partial charge in [0.1, 0.15) is 12.1 Å². The van der Waals surface area contributed by atoms with Crippen molar-refractivity contribution in [3.05, 3.63) is 0 Å². The largest absolute Gasteiger partial charge is 0.451 e. The third-order valence-corrected chi connectivity index (χ3v) is 5.99. The van der Waals surface area contributed by atoms with Gasteiger partial charge in [0.2, 0.25) is 0 Å². The lowest BCUT2D eigenvalue weighted by molar-refractivity contribution is -0.160. The number of carbonyl (C=O) groups excluding carboxylic acids is 4. The first-order valence-corrected chi connectivity index (χ1v) is 10.2. The monoisotopic (exact) mass is 393 g/mol.